The Labute approximate surface area is 77.0 Å². The quantitative estimate of drug-likeness (QED) is 0.624. The Morgan fingerprint density at radius 3 is 2.33 bits per heavy atom. The van der Waals surface area contributed by atoms with Crippen molar-refractivity contribution in [2.24, 2.45) is 0 Å². The molecular formula is C7H6ClF3S. The molecule has 0 saturated heterocycles. The van der Waals surface area contributed by atoms with Crippen LogP contribution in [0.5, 0.6) is 0 Å². The third kappa shape index (κ3) is 1.93. The zero-order valence-electron chi connectivity index (χ0n) is 6.20. The van der Waals surface area contributed by atoms with Crippen LogP contribution < -0.4 is 0 Å². The van der Waals surface area contributed by atoms with Crippen molar-refractivity contribution < 1.29 is 13.2 Å². The maximum atomic E-state index is 12.2. The molecule has 0 aliphatic rings. The number of halogens is 4. The average molecular weight is 215 g/mol. The highest BCUT2D eigenvalue weighted by Gasteiger charge is 2.34. The Kier molecular flexibility index (Phi) is 2.68. The van der Waals surface area contributed by atoms with E-state index in [2.05, 4.69) is 0 Å². The van der Waals surface area contributed by atoms with Crippen molar-refractivity contribution in [1.29, 1.82) is 0 Å². The molecule has 1 aromatic heterocycles. The number of aryl methyl sites for hydroxylation is 1. The summed E-state index contributed by atoms with van der Waals surface area (Å²) >= 11 is 6.11. The lowest BCUT2D eigenvalue weighted by Gasteiger charge is -2.03. The summed E-state index contributed by atoms with van der Waals surface area (Å²) in [5.74, 6) is 0.140. The third-order valence-corrected chi connectivity index (χ3v) is 3.09. The van der Waals surface area contributed by atoms with Gasteiger partial charge in [-0.05, 0) is 18.6 Å². The van der Waals surface area contributed by atoms with Gasteiger partial charge in [-0.3, -0.25) is 0 Å². The molecule has 0 bridgehead atoms. The molecule has 0 nitrogen and oxygen atoms in total. The van der Waals surface area contributed by atoms with E-state index < -0.39 is 11.1 Å². The van der Waals surface area contributed by atoms with Crippen LogP contribution in [0.25, 0.3) is 0 Å². The zero-order chi connectivity index (χ0) is 9.35. The highest BCUT2D eigenvalue weighted by molar-refractivity contribution is 7.12. The van der Waals surface area contributed by atoms with E-state index in [4.69, 9.17) is 11.6 Å². The first-order valence-electron chi connectivity index (χ1n) is 3.17. The number of thiophene rings is 1. The lowest BCUT2D eigenvalue weighted by atomic mass is 10.3. The molecule has 1 heterocycles. The van der Waals surface area contributed by atoms with Crippen LogP contribution in [0.3, 0.4) is 0 Å². The Morgan fingerprint density at radius 1 is 1.50 bits per heavy atom. The minimum atomic E-state index is -4.24. The third-order valence-electron chi connectivity index (χ3n) is 1.36. The van der Waals surface area contributed by atoms with E-state index in [1.807, 2.05) is 0 Å². The van der Waals surface area contributed by atoms with Gasteiger partial charge in [0.2, 0.25) is 0 Å². The molecule has 0 aliphatic carbocycles. The lowest BCUT2D eigenvalue weighted by molar-refractivity contribution is -0.134. The maximum Gasteiger partial charge on any atom is 0.425 e. The first kappa shape index (κ1) is 9.86. The number of rotatable bonds is 1. The van der Waals surface area contributed by atoms with Crippen molar-refractivity contribution in [3.05, 3.63) is 21.4 Å². The predicted octanol–water partition coefficient (Wildman–Crippen LogP) is 3.81. The number of alkyl halides is 4. The van der Waals surface area contributed by atoms with E-state index in [0.717, 1.165) is 0 Å². The van der Waals surface area contributed by atoms with Crippen molar-refractivity contribution in [3.8, 4) is 0 Å². The Hall–Kier alpha value is -0.220. The van der Waals surface area contributed by atoms with Gasteiger partial charge in [-0.15, -0.1) is 22.9 Å². The van der Waals surface area contributed by atoms with Gasteiger partial charge in [0.25, 0.3) is 0 Å². The Morgan fingerprint density at radius 2 is 2.08 bits per heavy atom. The van der Waals surface area contributed by atoms with Crippen LogP contribution in [0.1, 0.15) is 15.3 Å². The van der Waals surface area contributed by atoms with E-state index in [-0.39, 0.29) is 11.4 Å². The normalized spacial score (nSPS) is 12.1. The van der Waals surface area contributed by atoms with Gasteiger partial charge in [0.15, 0.2) is 0 Å². The van der Waals surface area contributed by atoms with Gasteiger partial charge < -0.3 is 0 Å². The minimum absolute atomic E-state index is 0.140. The van der Waals surface area contributed by atoms with E-state index >= 15 is 0 Å². The zero-order valence-corrected chi connectivity index (χ0v) is 7.78. The SMILES string of the molecule is Cc1cc(CCl)sc1C(F)(F)F. The summed E-state index contributed by atoms with van der Waals surface area (Å²) in [6.45, 7) is 1.44. The van der Waals surface area contributed by atoms with Crippen LogP contribution >= 0.6 is 22.9 Å². The van der Waals surface area contributed by atoms with Gasteiger partial charge >= 0.3 is 6.18 Å². The molecule has 0 fully saturated rings. The lowest BCUT2D eigenvalue weighted by Crippen LogP contribution is -2.02. The maximum absolute atomic E-state index is 12.2. The summed E-state index contributed by atoms with van der Waals surface area (Å²) in [6, 6.07) is 1.47. The average Bonchev–Trinajstić information content (AvgIpc) is 2.29. The van der Waals surface area contributed by atoms with Crippen molar-refractivity contribution >= 4 is 22.9 Å². The molecule has 0 radical (unpaired) electrons. The largest absolute Gasteiger partial charge is 0.425 e. The molecule has 68 valence electrons. The Bertz CT molecular complexity index is 277. The molecule has 12 heavy (non-hydrogen) atoms. The molecule has 1 aromatic rings. The molecule has 1 rings (SSSR count). The van der Waals surface area contributed by atoms with E-state index in [1.165, 1.54) is 13.0 Å². The molecule has 0 aromatic carbocycles. The standard InChI is InChI=1S/C7H6ClF3S/c1-4-2-5(3-8)12-6(4)7(9,10)11/h2H,3H2,1H3. The van der Waals surface area contributed by atoms with Crippen LogP contribution in [-0.2, 0) is 12.1 Å². The number of hydrogen-bond acceptors (Lipinski definition) is 1. The second kappa shape index (κ2) is 3.26. The fraction of sp³-hybridized carbons (Fsp3) is 0.429. The summed E-state index contributed by atoms with van der Waals surface area (Å²) in [5.41, 5.74) is 0.253. The van der Waals surface area contributed by atoms with Crippen molar-refractivity contribution in [3.63, 3.8) is 0 Å². The van der Waals surface area contributed by atoms with Crippen LogP contribution in [0, 0.1) is 6.92 Å². The van der Waals surface area contributed by atoms with Gasteiger partial charge in [-0.1, -0.05) is 0 Å². The molecular weight excluding hydrogens is 209 g/mol. The smallest absolute Gasteiger partial charge is 0.165 e. The predicted molar refractivity (Wildman–Crippen MR) is 43.6 cm³/mol. The second-order valence-electron chi connectivity index (χ2n) is 2.36. The van der Waals surface area contributed by atoms with Crippen molar-refractivity contribution in [1.82, 2.24) is 0 Å². The van der Waals surface area contributed by atoms with Gasteiger partial charge in [0, 0.05) is 4.88 Å². The highest BCUT2D eigenvalue weighted by atomic mass is 35.5. The molecule has 0 N–H and O–H groups in total. The highest BCUT2D eigenvalue weighted by Crippen LogP contribution is 2.37. The summed E-state index contributed by atoms with van der Waals surface area (Å²) in [4.78, 5) is 0.0136. The van der Waals surface area contributed by atoms with Gasteiger partial charge in [0.1, 0.15) is 4.88 Å². The molecule has 0 amide bonds. The van der Waals surface area contributed by atoms with Crippen LogP contribution in [0.15, 0.2) is 6.07 Å². The molecule has 0 atom stereocenters. The van der Waals surface area contributed by atoms with Crippen LogP contribution in [0.2, 0.25) is 0 Å². The minimum Gasteiger partial charge on any atom is -0.165 e. The molecule has 0 aliphatic heterocycles. The van der Waals surface area contributed by atoms with Crippen LogP contribution in [0.4, 0.5) is 13.2 Å². The van der Waals surface area contributed by atoms with E-state index in [9.17, 15) is 13.2 Å². The molecule has 0 unspecified atom stereocenters. The Balaban J connectivity index is 3.08. The fourth-order valence-electron chi connectivity index (χ4n) is 0.895. The first-order valence-corrected chi connectivity index (χ1v) is 4.52. The molecule has 5 heteroatoms. The topological polar surface area (TPSA) is 0 Å². The number of hydrogen-bond donors (Lipinski definition) is 0. The van der Waals surface area contributed by atoms with E-state index in [0.29, 0.717) is 16.2 Å². The van der Waals surface area contributed by atoms with Crippen molar-refractivity contribution in [2.75, 3.05) is 0 Å². The van der Waals surface area contributed by atoms with Gasteiger partial charge in [-0.25, -0.2) is 0 Å². The summed E-state index contributed by atoms with van der Waals surface area (Å²) in [7, 11) is 0. The summed E-state index contributed by atoms with van der Waals surface area (Å²) in [6.07, 6.45) is -4.24. The van der Waals surface area contributed by atoms with Gasteiger partial charge in [-0.2, -0.15) is 13.2 Å². The summed E-state index contributed by atoms with van der Waals surface area (Å²) in [5, 5.41) is 0. The van der Waals surface area contributed by atoms with Crippen LogP contribution in [-0.4, -0.2) is 0 Å². The molecule has 0 spiro atoms. The molecule has 0 saturated carbocycles. The van der Waals surface area contributed by atoms with E-state index in [1.54, 1.807) is 0 Å². The summed E-state index contributed by atoms with van der Waals surface area (Å²) < 4.78 is 36.5. The van der Waals surface area contributed by atoms with Gasteiger partial charge in [0.05, 0.1) is 5.88 Å². The monoisotopic (exact) mass is 214 g/mol. The first-order chi connectivity index (χ1) is 5.45. The fourth-order valence-corrected chi connectivity index (χ4v) is 2.02. The second-order valence-corrected chi connectivity index (χ2v) is 3.76. The van der Waals surface area contributed by atoms with Crippen molar-refractivity contribution in [2.45, 2.75) is 19.0 Å².